The number of aromatic nitrogens is 1. The van der Waals surface area contributed by atoms with Crippen molar-refractivity contribution in [2.75, 3.05) is 22.5 Å². The predicted molar refractivity (Wildman–Crippen MR) is 120 cm³/mol. The van der Waals surface area contributed by atoms with Crippen molar-refractivity contribution < 1.29 is 4.79 Å². The minimum Gasteiger partial charge on any atom is -0.376 e. The van der Waals surface area contributed by atoms with Crippen LogP contribution in [0.15, 0.2) is 42.6 Å². The van der Waals surface area contributed by atoms with Gasteiger partial charge in [0.25, 0.3) is 0 Å². The first kappa shape index (κ1) is 20.9. The van der Waals surface area contributed by atoms with Crippen molar-refractivity contribution in [1.29, 1.82) is 5.26 Å². The summed E-state index contributed by atoms with van der Waals surface area (Å²) in [6.07, 6.45) is 2.48. The number of hydrogen-bond donors (Lipinski definition) is 3. The molecule has 0 aliphatic carbocycles. The Balaban J connectivity index is 2.01. The second-order valence-electron chi connectivity index (χ2n) is 5.97. The van der Waals surface area contributed by atoms with Crippen LogP contribution in [0.25, 0.3) is 11.1 Å². The van der Waals surface area contributed by atoms with E-state index >= 15 is 0 Å². The summed E-state index contributed by atoms with van der Waals surface area (Å²) in [5.41, 5.74) is 1.58. The fourth-order valence-electron chi connectivity index (χ4n) is 2.63. The Morgan fingerprint density at radius 1 is 1.21 bits per heavy atom. The van der Waals surface area contributed by atoms with E-state index in [1.165, 1.54) is 11.3 Å². The number of nitrogens with zero attached hydrogens (tertiary/aromatic N) is 2. The number of amides is 2. The van der Waals surface area contributed by atoms with Gasteiger partial charge < -0.3 is 5.32 Å². The average Bonchev–Trinajstić information content (AvgIpc) is 3.03. The van der Waals surface area contributed by atoms with E-state index < -0.39 is 6.03 Å². The number of anilines is 3. The number of nitriles is 1. The van der Waals surface area contributed by atoms with Gasteiger partial charge in [-0.15, -0.1) is 0 Å². The zero-order chi connectivity index (χ0) is 20.8. The first-order valence-corrected chi connectivity index (χ1v) is 10.4. The lowest BCUT2D eigenvalue weighted by atomic mass is 10.0. The number of pyridine rings is 1. The van der Waals surface area contributed by atoms with Gasteiger partial charge in [0, 0.05) is 28.9 Å². The highest BCUT2D eigenvalue weighted by Gasteiger charge is 2.23. The minimum absolute atomic E-state index is 0.391. The summed E-state index contributed by atoms with van der Waals surface area (Å²) in [5.74, 6) is 0.414. The van der Waals surface area contributed by atoms with Crippen molar-refractivity contribution in [1.82, 2.24) is 4.98 Å². The molecule has 0 saturated carbocycles. The Morgan fingerprint density at radius 3 is 2.69 bits per heavy atom. The second kappa shape index (κ2) is 9.61. The fourth-order valence-corrected chi connectivity index (χ4v) is 4.21. The lowest BCUT2D eigenvalue weighted by Gasteiger charge is -2.10. The number of thiophene rings is 1. The fraction of sp³-hybridized carbons (Fsp3) is 0.150. The van der Waals surface area contributed by atoms with Crippen LogP contribution in [0.2, 0.25) is 10.0 Å². The number of hydrogen-bond acceptors (Lipinski definition) is 5. The predicted octanol–water partition coefficient (Wildman–Crippen LogP) is 6.45. The van der Waals surface area contributed by atoms with Crippen molar-refractivity contribution in [3.05, 3.63) is 58.2 Å². The maximum absolute atomic E-state index is 12.5. The molecule has 3 N–H and O–H groups in total. The summed E-state index contributed by atoms with van der Waals surface area (Å²) in [6, 6.07) is 12.0. The highest BCUT2D eigenvalue weighted by Crippen LogP contribution is 2.46. The van der Waals surface area contributed by atoms with E-state index in [9.17, 15) is 10.1 Å². The molecular formula is C20H17Cl2N5OS. The largest absolute Gasteiger partial charge is 0.376 e. The van der Waals surface area contributed by atoms with Crippen LogP contribution in [0.4, 0.5) is 20.6 Å². The molecule has 2 heterocycles. The van der Waals surface area contributed by atoms with Crippen molar-refractivity contribution in [2.45, 2.75) is 13.3 Å². The minimum atomic E-state index is -0.470. The summed E-state index contributed by atoms with van der Waals surface area (Å²) >= 11 is 13.7. The standard InChI is InChI=1S/C20H17Cl2N5OS/c1-2-8-25-18-14(11-23)17(13-7-6-12(21)10-15(13)22)19(29-18)27-20(28)26-16-5-3-4-9-24-16/h3-7,9-10,25H,2,8H2,1H3,(H2,24,26,27,28). The van der Waals surface area contributed by atoms with E-state index in [0.29, 0.717) is 49.1 Å². The van der Waals surface area contributed by atoms with Crippen molar-refractivity contribution in [3.63, 3.8) is 0 Å². The molecule has 0 spiro atoms. The summed E-state index contributed by atoms with van der Waals surface area (Å²) in [7, 11) is 0. The maximum Gasteiger partial charge on any atom is 0.325 e. The van der Waals surface area contributed by atoms with Crippen LogP contribution < -0.4 is 16.0 Å². The van der Waals surface area contributed by atoms with E-state index in [0.717, 1.165) is 6.42 Å². The van der Waals surface area contributed by atoms with Crippen LogP contribution in [-0.4, -0.2) is 17.6 Å². The van der Waals surface area contributed by atoms with Crippen LogP contribution >= 0.6 is 34.5 Å². The summed E-state index contributed by atoms with van der Waals surface area (Å²) < 4.78 is 0. The third-order valence-corrected chi connectivity index (χ3v) is 5.50. The lowest BCUT2D eigenvalue weighted by molar-refractivity contribution is 0.262. The first-order valence-electron chi connectivity index (χ1n) is 8.78. The number of carbonyl (C=O) groups excluding carboxylic acids is 1. The van der Waals surface area contributed by atoms with Crippen LogP contribution in [-0.2, 0) is 0 Å². The number of rotatable bonds is 6. The van der Waals surface area contributed by atoms with Gasteiger partial charge >= 0.3 is 6.03 Å². The molecule has 6 nitrogen and oxygen atoms in total. The molecule has 0 aliphatic heterocycles. The molecular weight excluding hydrogens is 429 g/mol. The number of nitrogens with one attached hydrogen (secondary N) is 3. The van der Waals surface area contributed by atoms with Crippen LogP contribution in [0.5, 0.6) is 0 Å². The second-order valence-corrected chi connectivity index (χ2v) is 7.83. The summed E-state index contributed by atoms with van der Waals surface area (Å²) in [4.78, 5) is 16.6. The topological polar surface area (TPSA) is 89.8 Å². The van der Waals surface area contributed by atoms with Crippen LogP contribution in [0.3, 0.4) is 0 Å². The molecule has 0 atom stereocenters. The number of benzene rings is 1. The molecule has 0 aliphatic rings. The van der Waals surface area contributed by atoms with E-state index in [1.807, 2.05) is 6.92 Å². The molecule has 29 heavy (non-hydrogen) atoms. The quantitative estimate of drug-likeness (QED) is 0.406. The van der Waals surface area contributed by atoms with Gasteiger partial charge in [0.05, 0.1) is 10.6 Å². The van der Waals surface area contributed by atoms with Gasteiger partial charge in [-0.2, -0.15) is 5.26 Å². The molecule has 0 fully saturated rings. The third-order valence-electron chi connectivity index (χ3n) is 3.89. The Labute approximate surface area is 182 Å². The van der Waals surface area contributed by atoms with Crippen molar-refractivity contribution in [3.8, 4) is 17.2 Å². The lowest BCUT2D eigenvalue weighted by Crippen LogP contribution is -2.19. The average molecular weight is 446 g/mol. The molecule has 2 aromatic heterocycles. The van der Waals surface area contributed by atoms with Gasteiger partial charge in [0.1, 0.15) is 21.9 Å². The molecule has 2 amide bonds. The zero-order valence-electron chi connectivity index (χ0n) is 15.4. The van der Waals surface area contributed by atoms with Gasteiger partial charge in [-0.05, 0) is 30.7 Å². The van der Waals surface area contributed by atoms with Gasteiger partial charge in [-0.3, -0.25) is 10.6 Å². The Bertz CT molecular complexity index is 1060. The monoisotopic (exact) mass is 445 g/mol. The van der Waals surface area contributed by atoms with Gasteiger partial charge in [0.2, 0.25) is 0 Å². The number of urea groups is 1. The molecule has 0 saturated heterocycles. The molecule has 3 aromatic rings. The zero-order valence-corrected chi connectivity index (χ0v) is 17.8. The number of halogens is 2. The molecule has 148 valence electrons. The van der Waals surface area contributed by atoms with E-state index in [1.54, 1.807) is 42.6 Å². The Kier molecular flexibility index (Phi) is 6.94. The Hall–Kier alpha value is -2.79. The SMILES string of the molecule is CCCNc1sc(NC(=O)Nc2ccccn2)c(-c2ccc(Cl)cc2Cl)c1C#N. The van der Waals surface area contributed by atoms with Gasteiger partial charge in [0.15, 0.2) is 0 Å². The highest BCUT2D eigenvalue weighted by atomic mass is 35.5. The molecule has 0 unspecified atom stereocenters. The van der Waals surface area contributed by atoms with E-state index in [-0.39, 0.29) is 0 Å². The first-order chi connectivity index (χ1) is 14.0. The van der Waals surface area contributed by atoms with E-state index in [2.05, 4.69) is 27.0 Å². The van der Waals surface area contributed by atoms with Gasteiger partial charge in [-0.1, -0.05) is 53.6 Å². The summed E-state index contributed by atoms with van der Waals surface area (Å²) in [5, 5.41) is 20.6. The maximum atomic E-state index is 12.5. The summed E-state index contributed by atoms with van der Waals surface area (Å²) in [6.45, 7) is 2.73. The van der Waals surface area contributed by atoms with Gasteiger partial charge in [-0.25, -0.2) is 9.78 Å². The molecule has 0 bridgehead atoms. The highest BCUT2D eigenvalue weighted by molar-refractivity contribution is 7.21. The van der Waals surface area contributed by atoms with Crippen LogP contribution in [0.1, 0.15) is 18.9 Å². The number of carbonyl (C=O) groups is 1. The Morgan fingerprint density at radius 2 is 2.03 bits per heavy atom. The smallest absolute Gasteiger partial charge is 0.325 e. The van der Waals surface area contributed by atoms with Crippen molar-refractivity contribution in [2.24, 2.45) is 0 Å². The van der Waals surface area contributed by atoms with Crippen LogP contribution in [0, 0.1) is 11.3 Å². The molecule has 9 heteroatoms. The van der Waals surface area contributed by atoms with Crippen molar-refractivity contribution >= 4 is 56.4 Å². The molecule has 3 rings (SSSR count). The third kappa shape index (κ3) is 4.98. The molecule has 0 radical (unpaired) electrons. The normalized spacial score (nSPS) is 10.3. The molecule has 1 aromatic carbocycles. The van der Waals surface area contributed by atoms with E-state index in [4.69, 9.17) is 23.2 Å².